The molecule has 0 aliphatic carbocycles. The summed E-state index contributed by atoms with van der Waals surface area (Å²) < 4.78 is 1.72. The van der Waals surface area contributed by atoms with Crippen LogP contribution in [-0.4, -0.2) is 14.8 Å². The van der Waals surface area contributed by atoms with Gasteiger partial charge in [0, 0.05) is 0 Å². The van der Waals surface area contributed by atoms with Crippen molar-refractivity contribution in [2.45, 2.75) is 6.54 Å². The monoisotopic (exact) mass is 311 g/mol. The van der Waals surface area contributed by atoms with Gasteiger partial charge >= 0.3 is 0 Å². The lowest BCUT2D eigenvalue weighted by Gasteiger charge is -2.07. The van der Waals surface area contributed by atoms with Crippen LogP contribution in [0.5, 0.6) is 0 Å². The van der Waals surface area contributed by atoms with E-state index in [1.807, 2.05) is 36.4 Å². The van der Waals surface area contributed by atoms with Gasteiger partial charge in [-0.1, -0.05) is 30.4 Å². The summed E-state index contributed by atoms with van der Waals surface area (Å²) >= 11 is 0. The average Bonchev–Trinajstić information content (AvgIpc) is 3.14. The molecule has 1 heterocycles. The summed E-state index contributed by atoms with van der Waals surface area (Å²) in [6.45, 7) is 0.544. The first-order chi connectivity index (χ1) is 11.8. The van der Waals surface area contributed by atoms with Gasteiger partial charge in [-0.3, -0.25) is 0 Å². The highest BCUT2D eigenvalue weighted by Gasteiger charge is 2.04. The topological polar surface area (TPSA) is 78.3 Å². The quantitative estimate of drug-likeness (QED) is 0.693. The molecule has 24 heavy (non-hydrogen) atoms. The summed E-state index contributed by atoms with van der Waals surface area (Å²) in [7, 11) is 0. The van der Waals surface area contributed by atoms with Gasteiger partial charge in [0.15, 0.2) is 0 Å². The van der Waals surface area contributed by atoms with E-state index in [9.17, 15) is 0 Å². The Morgan fingerprint density at radius 2 is 1.71 bits per heavy atom. The van der Waals surface area contributed by atoms with Crippen molar-refractivity contribution >= 4 is 12.2 Å². The molecule has 0 fully saturated rings. The van der Waals surface area contributed by atoms with Gasteiger partial charge in [-0.2, -0.15) is 15.6 Å². The molecule has 0 amide bonds. The van der Waals surface area contributed by atoms with E-state index in [0.717, 1.165) is 16.7 Å². The largest absolute Gasteiger partial charge is 0.249 e. The molecule has 0 bridgehead atoms. The van der Waals surface area contributed by atoms with Crippen LogP contribution in [0.2, 0.25) is 0 Å². The number of hydrogen-bond donors (Lipinski definition) is 0. The van der Waals surface area contributed by atoms with Crippen molar-refractivity contribution in [3.05, 3.63) is 82.9 Å². The lowest BCUT2D eigenvalue weighted by molar-refractivity contribution is 0.684. The number of rotatable bonds is 4. The van der Waals surface area contributed by atoms with Crippen LogP contribution < -0.4 is 0 Å². The van der Waals surface area contributed by atoms with E-state index in [0.29, 0.717) is 17.7 Å². The fourth-order valence-corrected chi connectivity index (χ4v) is 2.32. The predicted molar refractivity (Wildman–Crippen MR) is 90.4 cm³/mol. The van der Waals surface area contributed by atoms with E-state index in [1.54, 1.807) is 29.2 Å². The molecule has 1 aromatic heterocycles. The van der Waals surface area contributed by atoms with Crippen molar-refractivity contribution in [2.75, 3.05) is 0 Å². The Balaban J connectivity index is 1.90. The number of hydrogen-bond acceptors (Lipinski definition) is 4. The molecule has 0 aliphatic rings. The van der Waals surface area contributed by atoms with Crippen LogP contribution in [0.15, 0.2) is 55.1 Å². The Hall–Kier alpha value is -3.70. The highest BCUT2D eigenvalue weighted by atomic mass is 15.3. The third kappa shape index (κ3) is 3.55. The predicted octanol–water partition coefficient (Wildman–Crippen LogP) is 3.24. The maximum atomic E-state index is 9.11. The van der Waals surface area contributed by atoms with E-state index in [-0.39, 0.29) is 0 Å². The van der Waals surface area contributed by atoms with Gasteiger partial charge in [-0.05, 0) is 41.0 Å². The Kier molecular flexibility index (Phi) is 4.46. The Morgan fingerprint density at radius 3 is 2.38 bits per heavy atom. The lowest BCUT2D eigenvalue weighted by atomic mass is 10.0. The summed E-state index contributed by atoms with van der Waals surface area (Å²) in [5.74, 6) is 0. The fourth-order valence-electron chi connectivity index (χ4n) is 2.32. The van der Waals surface area contributed by atoms with Gasteiger partial charge in [0.1, 0.15) is 12.7 Å². The van der Waals surface area contributed by atoms with Gasteiger partial charge in [0.25, 0.3) is 0 Å². The van der Waals surface area contributed by atoms with Crippen LogP contribution in [0.1, 0.15) is 27.8 Å². The van der Waals surface area contributed by atoms with Gasteiger partial charge < -0.3 is 0 Å². The number of benzene rings is 2. The summed E-state index contributed by atoms with van der Waals surface area (Å²) in [6, 6.07) is 17.2. The number of aromatic nitrogens is 3. The van der Waals surface area contributed by atoms with Gasteiger partial charge in [0.05, 0.1) is 29.8 Å². The molecule has 5 nitrogen and oxygen atoms in total. The second-order valence-electron chi connectivity index (χ2n) is 5.19. The SMILES string of the molecule is N#Cc1ccc(C=Cc2ccc(C#N)cc2Cn2cncn2)cc1. The molecule has 0 aliphatic heterocycles. The van der Waals surface area contributed by atoms with E-state index in [2.05, 4.69) is 22.2 Å². The Bertz CT molecular complexity index is 939. The van der Waals surface area contributed by atoms with Crippen molar-refractivity contribution in [2.24, 2.45) is 0 Å². The average molecular weight is 311 g/mol. The van der Waals surface area contributed by atoms with Crippen LogP contribution in [-0.2, 0) is 6.54 Å². The zero-order valence-corrected chi connectivity index (χ0v) is 12.8. The Morgan fingerprint density at radius 1 is 0.958 bits per heavy atom. The molecule has 3 aromatic rings. The van der Waals surface area contributed by atoms with Crippen LogP contribution in [0.3, 0.4) is 0 Å². The molecule has 0 spiro atoms. The van der Waals surface area contributed by atoms with Crippen LogP contribution >= 0.6 is 0 Å². The molecule has 0 N–H and O–H groups in total. The zero-order valence-electron chi connectivity index (χ0n) is 12.8. The van der Waals surface area contributed by atoms with Crippen molar-refractivity contribution < 1.29 is 0 Å². The van der Waals surface area contributed by atoms with Crippen LogP contribution in [0.4, 0.5) is 0 Å². The molecule has 3 rings (SSSR count). The lowest BCUT2D eigenvalue weighted by Crippen LogP contribution is -2.02. The normalized spacial score (nSPS) is 10.4. The van der Waals surface area contributed by atoms with Crippen LogP contribution in [0, 0.1) is 22.7 Å². The fraction of sp³-hybridized carbons (Fsp3) is 0.0526. The first kappa shape index (κ1) is 15.2. The first-order valence-corrected chi connectivity index (χ1v) is 7.32. The minimum absolute atomic E-state index is 0.544. The maximum Gasteiger partial charge on any atom is 0.137 e. The van der Waals surface area contributed by atoms with Crippen molar-refractivity contribution in [1.29, 1.82) is 10.5 Å². The minimum atomic E-state index is 0.544. The van der Waals surface area contributed by atoms with Crippen molar-refractivity contribution in [1.82, 2.24) is 14.8 Å². The number of nitriles is 2. The van der Waals surface area contributed by atoms with E-state index >= 15 is 0 Å². The van der Waals surface area contributed by atoms with Crippen molar-refractivity contribution in [3.63, 3.8) is 0 Å². The van der Waals surface area contributed by atoms with E-state index in [4.69, 9.17) is 10.5 Å². The van der Waals surface area contributed by atoms with Crippen LogP contribution in [0.25, 0.3) is 12.2 Å². The van der Waals surface area contributed by atoms with Gasteiger partial charge in [-0.15, -0.1) is 0 Å². The molecule has 5 heteroatoms. The van der Waals surface area contributed by atoms with Gasteiger partial charge in [-0.25, -0.2) is 9.67 Å². The molecular formula is C19H13N5. The molecule has 0 radical (unpaired) electrons. The molecule has 2 aromatic carbocycles. The molecule has 0 saturated carbocycles. The number of nitrogens with zero attached hydrogens (tertiary/aromatic N) is 5. The summed E-state index contributed by atoms with van der Waals surface area (Å²) in [5, 5.41) is 22.1. The maximum absolute atomic E-state index is 9.11. The zero-order chi connectivity index (χ0) is 16.8. The highest BCUT2D eigenvalue weighted by Crippen LogP contribution is 2.17. The smallest absolute Gasteiger partial charge is 0.137 e. The second-order valence-corrected chi connectivity index (χ2v) is 5.19. The first-order valence-electron chi connectivity index (χ1n) is 7.32. The van der Waals surface area contributed by atoms with E-state index < -0.39 is 0 Å². The molecule has 114 valence electrons. The molecule has 0 unspecified atom stereocenters. The second kappa shape index (κ2) is 7.04. The van der Waals surface area contributed by atoms with Crippen molar-refractivity contribution in [3.8, 4) is 12.1 Å². The summed E-state index contributed by atoms with van der Waals surface area (Å²) in [4.78, 5) is 3.94. The third-order valence-corrected chi connectivity index (χ3v) is 3.57. The Labute approximate surface area is 139 Å². The third-order valence-electron chi connectivity index (χ3n) is 3.57. The molecule has 0 atom stereocenters. The van der Waals surface area contributed by atoms with Gasteiger partial charge in [0.2, 0.25) is 0 Å². The summed E-state index contributed by atoms with van der Waals surface area (Å²) in [6.07, 6.45) is 7.11. The molecular weight excluding hydrogens is 298 g/mol. The standard InChI is InChI=1S/C19H13N5/c20-10-16-3-1-15(2-4-16)5-7-18-8-6-17(11-21)9-19(18)12-24-14-22-13-23-24/h1-9,13-14H,12H2. The highest BCUT2D eigenvalue weighted by molar-refractivity contribution is 5.71. The van der Waals surface area contributed by atoms with E-state index in [1.165, 1.54) is 6.33 Å². The summed E-state index contributed by atoms with van der Waals surface area (Å²) in [5.41, 5.74) is 4.25. The molecule has 0 saturated heterocycles. The minimum Gasteiger partial charge on any atom is -0.249 e.